The predicted molar refractivity (Wildman–Crippen MR) is 81.4 cm³/mol. The number of fused-ring (bicyclic) bond motifs is 2. The minimum absolute atomic E-state index is 0.692. The lowest BCUT2D eigenvalue weighted by molar-refractivity contribution is 0.415. The van der Waals surface area contributed by atoms with Crippen molar-refractivity contribution in [3.63, 3.8) is 0 Å². The topological polar surface area (TPSA) is 47.3 Å². The molecule has 21 heavy (non-hydrogen) atoms. The highest BCUT2D eigenvalue weighted by Gasteiger charge is 2.17. The molecular formula is C17H16N2O2. The smallest absolute Gasteiger partial charge is 0.227 e. The Morgan fingerprint density at radius 2 is 2.19 bits per heavy atom. The summed E-state index contributed by atoms with van der Waals surface area (Å²) in [5.41, 5.74) is 5.39. The molecule has 106 valence electrons. The zero-order valence-corrected chi connectivity index (χ0v) is 11.8. The molecule has 2 aromatic carbocycles. The summed E-state index contributed by atoms with van der Waals surface area (Å²) in [6.07, 6.45) is 1.01. The van der Waals surface area contributed by atoms with E-state index in [1.165, 1.54) is 11.1 Å². The molecule has 1 N–H and O–H groups in total. The number of methoxy groups -OCH3 is 1. The van der Waals surface area contributed by atoms with Crippen LogP contribution in [0.3, 0.4) is 0 Å². The minimum Gasteiger partial charge on any atom is -0.497 e. The molecule has 0 amide bonds. The zero-order valence-electron chi connectivity index (χ0n) is 11.8. The van der Waals surface area contributed by atoms with Crippen LogP contribution in [-0.2, 0) is 13.0 Å². The lowest BCUT2D eigenvalue weighted by Gasteiger charge is -2.18. The van der Waals surface area contributed by atoms with E-state index in [2.05, 4.69) is 28.5 Å². The maximum absolute atomic E-state index is 5.93. The number of rotatable bonds is 2. The first kappa shape index (κ1) is 12.4. The molecule has 0 saturated carbocycles. The van der Waals surface area contributed by atoms with Crippen molar-refractivity contribution in [3.8, 4) is 17.2 Å². The van der Waals surface area contributed by atoms with Gasteiger partial charge >= 0.3 is 0 Å². The number of nitrogens with one attached hydrogen (secondary N) is 1. The molecule has 4 rings (SSSR count). The summed E-state index contributed by atoms with van der Waals surface area (Å²) in [7, 11) is 1.66. The van der Waals surface area contributed by atoms with E-state index in [1.54, 1.807) is 7.11 Å². The summed E-state index contributed by atoms with van der Waals surface area (Å²) in [4.78, 5) is 4.63. The Morgan fingerprint density at radius 3 is 3.10 bits per heavy atom. The average Bonchev–Trinajstić information content (AvgIpc) is 2.97. The molecule has 0 aliphatic carbocycles. The Bertz CT molecular complexity index is 808. The number of nitrogens with zero attached hydrogens (tertiary/aromatic N) is 1. The Labute approximate surface area is 122 Å². The highest BCUT2D eigenvalue weighted by molar-refractivity contribution is 5.78. The van der Waals surface area contributed by atoms with E-state index < -0.39 is 0 Å². The van der Waals surface area contributed by atoms with Crippen LogP contribution in [0.2, 0.25) is 0 Å². The van der Waals surface area contributed by atoms with Crippen molar-refractivity contribution in [1.82, 2.24) is 10.3 Å². The van der Waals surface area contributed by atoms with Gasteiger partial charge in [0.25, 0.3) is 0 Å². The largest absolute Gasteiger partial charge is 0.497 e. The van der Waals surface area contributed by atoms with E-state index in [1.807, 2.05) is 18.2 Å². The summed E-state index contributed by atoms with van der Waals surface area (Å²) < 4.78 is 11.2. The van der Waals surface area contributed by atoms with Crippen molar-refractivity contribution in [1.29, 1.82) is 0 Å². The van der Waals surface area contributed by atoms with E-state index in [9.17, 15) is 0 Å². The van der Waals surface area contributed by atoms with Crippen molar-refractivity contribution < 1.29 is 9.15 Å². The number of hydrogen-bond acceptors (Lipinski definition) is 4. The monoisotopic (exact) mass is 280 g/mol. The molecule has 0 atom stereocenters. The molecular weight excluding hydrogens is 264 g/mol. The van der Waals surface area contributed by atoms with Crippen molar-refractivity contribution >= 4 is 11.1 Å². The molecule has 0 bridgehead atoms. The number of ether oxygens (including phenoxy) is 1. The van der Waals surface area contributed by atoms with Crippen LogP contribution in [0.1, 0.15) is 11.1 Å². The molecule has 4 nitrogen and oxygen atoms in total. The lowest BCUT2D eigenvalue weighted by Crippen LogP contribution is -2.24. The fourth-order valence-corrected chi connectivity index (χ4v) is 2.88. The lowest BCUT2D eigenvalue weighted by atomic mass is 9.95. The van der Waals surface area contributed by atoms with Crippen LogP contribution in [-0.4, -0.2) is 18.6 Å². The molecule has 3 aromatic rings. The van der Waals surface area contributed by atoms with Crippen LogP contribution in [0.15, 0.2) is 40.8 Å². The van der Waals surface area contributed by atoms with E-state index >= 15 is 0 Å². The number of hydrogen-bond donors (Lipinski definition) is 1. The van der Waals surface area contributed by atoms with Gasteiger partial charge in [-0.15, -0.1) is 0 Å². The summed E-state index contributed by atoms with van der Waals surface area (Å²) in [5.74, 6) is 1.48. The summed E-state index contributed by atoms with van der Waals surface area (Å²) in [6, 6.07) is 12.0. The predicted octanol–water partition coefficient (Wildman–Crippen LogP) is 3.15. The third kappa shape index (κ3) is 2.08. The molecule has 1 aromatic heterocycles. The van der Waals surface area contributed by atoms with Gasteiger partial charge in [-0.3, -0.25) is 0 Å². The molecule has 0 radical (unpaired) electrons. The van der Waals surface area contributed by atoms with Gasteiger partial charge in [0.1, 0.15) is 11.3 Å². The van der Waals surface area contributed by atoms with Crippen molar-refractivity contribution in [3.05, 3.63) is 47.5 Å². The van der Waals surface area contributed by atoms with Gasteiger partial charge in [-0.1, -0.05) is 12.1 Å². The fraction of sp³-hybridized carbons (Fsp3) is 0.235. The summed E-state index contributed by atoms with van der Waals surface area (Å²) in [6.45, 7) is 1.91. The average molecular weight is 280 g/mol. The minimum atomic E-state index is 0.692. The maximum Gasteiger partial charge on any atom is 0.227 e. The van der Waals surface area contributed by atoms with Gasteiger partial charge in [-0.2, -0.15) is 0 Å². The van der Waals surface area contributed by atoms with Crippen molar-refractivity contribution in [2.45, 2.75) is 13.0 Å². The van der Waals surface area contributed by atoms with Gasteiger partial charge in [-0.25, -0.2) is 4.98 Å². The second kappa shape index (κ2) is 4.90. The number of benzene rings is 2. The first-order valence-electron chi connectivity index (χ1n) is 7.11. The van der Waals surface area contributed by atoms with E-state index in [0.29, 0.717) is 5.89 Å². The normalized spacial score (nSPS) is 14.1. The summed E-state index contributed by atoms with van der Waals surface area (Å²) >= 11 is 0. The van der Waals surface area contributed by atoms with Crippen LogP contribution in [0.4, 0.5) is 0 Å². The fourth-order valence-electron chi connectivity index (χ4n) is 2.88. The second-order valence-electron chi connectivity index (χ2n) is 5.22. The van der Waals surface area contributed by atoms with E-state index in [4.69, 9.17) is 9.15 Å². The quantitative estimate of drug-likeness (QED) is 0.783. The zero-order chi connectivity index (χ0) is 14.2. The summed E-state index contributed by atoms with van der Waals surface area (Å²) in [5, 5.41) is 3.39. The second-order valence-corrected chi connectivity index (χ2v) is 5.22. The van der Waals surface area contributed by atoms with Gasteiger partial charge in [0.2, 0.25) is 5.89 Å². The third-order valence-corrected chi connectivity index (χ3v) is 3.97. The first-order chi connectivity index (χ1) is 10.3. The number of oxazole rings is 1. The van der Waals surface area contributed by atoms with Gasteiger partial charge < -0.3 is 14.5 Å². The van der Waals surface area contributed by atoms with Crippen LogP contribution >= 0.6 is 0 Å². The Balaban J connectivity index is 1.86. The van der Waals surface area contributed by atoms with Crippen LogP contribution in [0, 0.1) is 0 Å². The molecule has 0 spiro atoms. The molecule has 1 aliphatic heterocycles. The van der Waals surface area contributed by atoms with E-state index in [0.717, 1.165) is 41.9 Å². The van der Waals surface area contributed by atoms with Gasteiger partial charge in [0.05, 0.1) is 7.11 Å². The molecule has 0 saturated heterocycles. The SMILES string of the molecule is COc1ccc2oc(-c3cccc4c3CCNC4)nc2c1. The molecule has 4 heteroatoms. The molecule has 0 fully saturated rings. The van der Waals surface area contributed by atoms with Crippen LogP contribution < -0.4 is 10.1 Å². The Hall–Kier alpha value is -2.33. The number of aromatic nitrogens is 1. The standard InChI is InChI=1S/C17H16N2O2/c1-20-12-5-6-16-15(9-12)19-17(21-16)14-4-2-3-11-10-18-8-7-13(11)14/h2-6,9,18H,7-8,10H2,1H3. The maximum atomic E-state index is 5.93. The molecule has 0 unspecified atom stereocenters. The van der Waals surface area contributed by atoms with Crippen molar-refractivity contribution in [2.75, 3.05) is 13.7 Å². The Morgan fingerprint density at radius 1 is 1.24 bits per heavy atom. The molecule has 2 heterocycles. The Kier molecular flexibility index (Phi) is 2.89. The van der Waals surface area contributed by atoms with Gasteiger partial charge in [0, 0.05) is 18.2 Å². The highest BCUT2D eigenvalue weighted by atomic mass is 16.5. The first-order valence-corrected chi connectivity index (χ1v) is 7.11. The van der Waals surface area contributed by atoms with Crippen LogP contribution in [0.5, 0.6) is 5.75 Å². The van der Waals surface area contributed by atoms with E-state index in [-0.39, 0.29) is 0 Å². The molecule has 1 aliphatic rings. The van der Waals surface area contributed by atoms with Crippen molar-refractivity contribution in [2.24, 2.45) is 0 Å². The van der Waals surface area contributed by atoms with Crippen LogP contribution in [0.25, 0.3) is 22.6 Å². The van der Waals surface area contributed by atoms with Gasteiger partial charge in [-0.05, 0) is 42.3 Å². The highest BCUT2D eigenvalue weighted by Crippen LogP contribution is 2.31. The van der Waals surface area contributed by atoms with Gasteiger partial charge in [0.15, 0.2) is 5.58 Å². The third-order valence-electron chi connectivity index (χ3n) is 3.97.